The van der Waals surface area contributed by atoms with E-state index in [0.29, 0.717) is 81.8 Å². The van der Waals surface area contributed by atoms with Crippen LogP contribution in [-0.2, 0) is 39.3 Å². The fraction of sp³-hybridized carbons (Fsp3) is 0.165. The van der Waals surface area contributed by atoms with Crippen LogP contribution in [0.5, 0.6) is 69.0 Å². The first-order chi connectivity index (χ1) is 49.0. The number of pyridine rings is 3. The second kappa shape index (κ2) is 30.9. The number of rotatable bonds is 28. The normalized spacial score (nSPS) is 11.0. The number of aromatic nitrogens is 3. The summed E-state index contributed by atoms with van der Waals surface area (Å²) < 4.78 is 72.2. The van der Waals surface area contributed by atoms with Crippen LogP contribution in [-0.4, -0.2) is 71.8 Å². The Morgan fingerprint density at radius 2 is 0.580 bits per heavy atom. The summed E-state index contributed by atoms with van der Waals surface area (Å²) in [5.41, 5.74) is 14.6. The van der Waals surface area contributed by atoms with Crippen molar-refractivity contribution in [3.8, 4) is 114 Å². The Morgan fingerprint density at radius 1 is 0.250 bits per heavy atom. The van der Waals surface area contributed by atoms with Crippen molar-refractivity contribution in [2.75, 3.05) is 56.9 Å². The highest BCUT2D eigenvalue weighted by Crippen LogP contribution is 2.44. The molecule has 0 N–H and O–H groups in total. The highest BCUT2D eigenvalue weighted by atomic mass is 16.5. The van der Waals surface area contributed by atoms with Gasteiger partial charge in [-0.05, 0) is 216 Å². The quantitative estimate of drug-likeness (QED) is 0.0457. The van der Waals surface area contributed by atoms with E-state index in [1.165, 1.54) is 0 Å². The lowest BCUT2D eigenvalue weighted by Gasteiger charge is -2.21. The molecule has 13 aromatic rings. The molecule has 0 aliphatic rings. The molecule has 0 fully saturated rings. The molecule has 0 atom stereocenters. The Labute approximate surface area is 581 Å². The first kappa shape index (κ1) is 66.4. The Morgan fingerprint density at radius 3 is 0.940 bits per heavy atom. The molecule has 100 heavy (non-hydrogen) atoms. The molecule has 3 heterocycles. The lowest BCUT2D eigenvalue weighted by Crippen LogP contribution is -2.03. The van der Waals surface area contributed by atoms with Gasteiger partial charge < -0.3 is 56.8 Å². The van der Waals surface area contributed by atoms with Gasteiger partial charge in [0.05, 0.1) is 79.7 Å². The molecule has 3 aromatic heterocycles. The summed E-state index contributed by atoms with van der Waals surface area (Å²) in [7, 11) is 13.1. The molecule has 15 heteroatoms. The molecule has 15 nitrogen and oxygen atoms in total. The van der Waals surface area contributed by atoms with Crippen LogP contribution in [0.1, 0.15) is 44.5 Å². The lowest BCUT2D eigenvalue weighted by atomic mass is 9.83. The Kier molecular flexibility index (Phi) is 20.5. The third-order valence-electron chi connectivity index (χ3n) is 17.3. The Balaban J connectivity index is 0.969. The van der Waals surface area contributed by atoms with E-state index in [2.05, 4.69) is 103 Å². The average Bonchev–Trinajstić information content (AvgIpc) is 0.745. The van der Waals surface area contributed by atoms with E-state index >= 15 is 0 Å². The third kappa shape index (κ3) is 15.8. The van der Waals surface area contributed by atoms with Crippen molar-refractivity contribution in [2.24, 2.45) is 0 Å². The summed E-state index contributed by atoms with van der Waals surface area (Å²) in [6.07, 6.45) is 4.54. The molecule has 0 saturated carbocycles. The zero-order chi connectivity index (χ0) is 68.9. The highest BCUT2D eigenvalue weighted by Gasteiger charge is 2.22. The predicted octanol–water partition coefficient (Wildman–Crippen LogP) is 18.4. The van der Waals surface area contributed by atoms with Crippen molar-refractivity contribution in [1.29, 1.82) is 0 Å². The lowest BCUT2D eigenvalue weighted by molar-refractivity contribution is 0.287. The molecule has 0 bridgehead atoms. The van der Waals surface area contributed by atoms with E-state index in [1.54, 1.807) is 69.3 Å². The second-order valence-corrected chi connectivity index (χ2v) is 23.9. The van der Waals surface area contributed by atoms with Gasteiger partial charge in [-0.25, -0.2) is 4.98 Å². The van der Waals surface area contributed by atoms with Gasteiger partial charge in [0.2, 0.25) is 0 Å². The first-order valence-electron chi connectivity index (χ1n) is 32.6. The van der Waals surface area contributed by atoms with Crippen LogP contribution in [0.15, 0.2) is 237 Å². The highest BCUT2D eigenvalue weighted by molar-refractivity contribution is 6.09. The Bertz CT molecular complexity index is 4740. The fourth-order valence-corrected chi connectivity index (χ4v) is 12.4. The number of hydrogen-bond acceptors (Lipinski definition) is 15. The van der Waals surface area contributed by atoms with E-state index in [0.717, 1.165) is 111 Å². The van der Waals surface area contributed by atoms with Gasteiger partial charge in [0, 0.05) is 48.8 Å². The van der Waals surface area contributed by atoms with Crippen LogP contribution >= 0.6 is 0 Å². The number of benzene rings is 10. The summed E-state index contributed by atoms with van der Waals surface area (Å²) in [5.74, 6) is 7.71. The number of methoxy groups -OCH3 is 8. The van der Waals surface area contributed by atoms with Gasteiger partial charge in [-0.3, -0.25) is 9.97 Å². The average molecular weight is 1330 g/mol. The molecule has 0 spiro atoms. The van der Waals surface area contributed by atoms with E-state index < -0.39 is 0 Å². The summed E-state index contributed by atoms with van der Waals surface area (Å²) in [6, 6.07) is 75.4. The molecule has 10 aromatic carbocycles. The molecule has 13 rings (SSSR count). The molecular formula is C85H75N3O12. The minimum Gasteiger partial charge on any atom is -0.497 e. The molecular weight excluding hydrogens is 1250 g/mol. The number of ether oxygens (including phenoxy) is 12. The molecule has 0 aliphatic carbocycles. The molecule has 0 unspecified atom stereocenters. The molecule has 0 saturated heterocycles. The predicted molar refractivity (Wildman–Crippen MR) is 391 cm³/mol. The zero-order valence-electron chi connectivity index (χ0n) is 57.0. The minimum atomic E-state index is 0.223. The van der Waals surface area contributed by atoms with Gasteiger partial charge in [0.25, 0.3) is 0 Å². The van der Waals surface area contributed by atoms with Gasteiger partial charge in [0.15, 0.2) is 0 Å². The smallest absolute Gasteiger partial charge is 0.123 e. The van der Waals surface area contributed by atoms with Crippen LogP contribution in [0.2, 0.25) is 0 Å². The molecule has 0 aliphatic heterocycles. The first-order valence-corrected chi connectivity index (χ1v) is 32.6. The van der Waals surface area contributed by atoms with E-state index in [1.807, 2.05) is 121 Å². The monoisotopic (exact) mass is 1330 g/mol. The number of hydrogen-bond donors (Lipinski definition) is 0. The molecule has 502 valence electrons. The summed E-state index contributed by atoms with van der Waals surface area (Å²) >= 11 is 0. The van der Waals surface area contributed by atoms with Gasteiger partial charge in [-0.15, -0.1) is 0 Å². The molecule has 0 radical (unpaired) electrons. The Hall–Kier alpha value is -12.2. The molecule has 0 amide bonds. The van der Waals surface area contributed by atoms with E-state index in [-0.39, 0.29) is 26.4 Å². The van der Waals surface area contributed by atoms with Crippen molar-refractivity contribution in [3.63, 3.8) is 0 Å². The van der Waals surface area contributed by atoms with Crippen molar-refractivity contribution in [1.82, 2.24) is 15.0 Å². The zero-order valence-corrected chi connectivity index (χ0v) is 57.0. The van der Waals surface area contributed by atoms with Gasteiger partial charge in [-0.1, -0.05) is 72.8 Å². The van der Waals surface area contributed by atoms with Crippen LogP contribution in [0.3, 0.4) is 0 Å². The van der Waals surface area contributed by atoms with Crippen molar-refractivity contribution in [2.45, 2.75) is 39.3 Å². The fourth-order valence-electron chi connectivity index (χ4n) is 12.4. The summed E-state index contributed by atoms with van der Waals surface area (Å²) in [6.45, 7) is 0.901. The van der Waals surface area contributed by atoms with E-state index in [9.17, 15) is 0 Å². The standard InChI is InChI=1S/C85H75N3O12/c1-89-66-33-56(34-67(44-66)90-2)50-97-74-29-54(30-75(48-74)98-51-57-35-68(91-3)45-69(36-57)92-4)27-63-21-19-60-15-9-10-16-78(60)84(63)85-64(22-20-62-41-61(23-24-79(62)85)65-42-82(80-17-11-13-25-86-80)88-83(43-65)81-18-12-14-26-87-81)28-55-31-76(99-52-58-37-70(93-5)46-71(38-58)94-6)49-77(32-55)100-53-59-39-72(95-7)47-73(40-59)96-8/h9-26,29-49H,27-28,50-53H2,1-8H3. The maximum absolute atomic E-state index is 6.75. The van der Waals surface area contributed by atoms with Crippen molar-refractivity contribution < 1.29 is 56.8 Å². The van der Waals surface area contributed by atoms with Gasteiger partial charge in [-0.2, -0.15) is 0 Å². The van der Waals surface area contributed by atoms with Crippen molar-refractivity contribution >= 4 is 21.5 Å². The van der Waals surface area contributed by atoms with E-state index in [4.69, 9.17) is 71.8 Å². The minimum absolute atomic E-state index is 0.223. The summed E-state index contributed by atoms with van der Waals surface area (Å²) in [5, 5.41) is 4.25. The van der Waals surface area contributed by atoms with Crippen LogP contribution in [0, 0.1) is 0 Å². The van der Waals surface area contributed by atoms with Gasteiger partial charge in [0.1, 0.15) is 95.4 Å². The summed E-state index contributed by atoms with van der Waals surface area (Å²) in [4.78, 5) is 14.6. The van der Waals surface area contributed by atoms with Crippen LogP contribution < -0.4 is 56.8 Å². The number of nitrogens with zero attached hydrogens (tertiary/aromatic N) is 3. The maximum atomic E-state index is 6.75. The van der Waals surface area contributed by atoms with Gasteiger partial charge >= 0.3 is 0 Å². The maximum Gasteiger partial charge on any atom is 0.123 e. The third-order valence-corrected chi connectivity index (χ3v) is 17.3. The van der Waals surface area contributed by atoms with Crippen molar-refractivity contribution in [3.05, 3.63) is 281 Å². The second-order valence-electron chi connectivity index (χ2n) is 23.9. The topological polar surface area (TPSA) is 149 Å². The van der Waals surface area contributed by atoms with Crippen LogP contribution in [0.4, 0.5) is 0 Å². The largest absolute Gasteiger partial charge is 0.497 e. The number of fused-ring (bicyclic) bond motifs is 2. The SMILES string of the molecule is COc1cc(COc2cc(Cc3ccc4ccccc4c3-c3c(Cc4cc(OCc5cc(OC)cc(OC)c5)cc(OCc5cc(OC)cc(OC)c5)c4)ccc4cc(-c5cc(-c6ccccn6)nc(-c6ccccn6)c5)ccc34)cc(OCc3cc(OC)cc(OC)c3)c2)cc(OC)c1. The van der Waals surface area contributed by atoms with Crippen LogP contribution in [0.25, 0.3) is 66.6 Å².